The van der Waals surface area contributed by atoms with Gasteiger partial charge in [0.1, 0.15) is 11.6 Å². The largest absolute Gasteiger partial charge is 0.497 e. The van der Waals surface area contributed by atoms with Crippen LogP contribution in [0.15, 0.2) is 53.1 Å². The number of halogens is 1. The van der Waals surface area contributed by atoms with E-state index in [2.05, 4.69) is 10.1 Å². The number of hydrogen-bond donors (Lipinski definition) is 0. The van der Waals surface area contributed by atoms with Gasteiger partial charge in [-0.3, -0.25) is 4.90 Å². The van der Waals surface area contributed by atoms with E-state index in [0.717, 1.165) is 11.3 Å². The lowest BCUT2D eigenvalue weighted by molar-refractivity contribution is 0.213. The minimum Gasteiger partial charge on any atom is -0.497 e. The van der Waals surface area contributed by atoms with E-state index in [-0.39, 0.29) is 11.9 Å². The van der Waals surface area contributed by atoms with Crippen molar-refractivity contribution in [2.45, 2.75) is 19.5 Å². The maximum Gasteiger partial charge on any atom is 0.241 e. The van der Waals surface area contributed by atoms with Gasteiger partial charge in [-0.2, -0.15) is 4.98 Å². The zero-order chi connectivity index (χ0) is 17.8. The quantitative estimate of drug-likeness (QED) is 0.676. The summed E-state index contributed by atoms with van der Waals surface area (Å²) in [7, 11) is 3.52. The second kappa shape index (κ2) is 7.44. The van der Waals surface area contributed by atoms with Crippen LogP contribution < -0.4 is 4.74 Å². The van der Waals surface area contributed by atoms with E-state index in [1.807, 2.05) is 49.2 Å². The smallest absolute Gasteiger partial charge is 0.241 e. The molecule has 0 aliphatic heterocycles. The average molecular weight is 341 g/mol. The van der Waals surface area contributed by atoms with Crippen LogP contribution in [0.1, 0.15) is 24.4 Å². The Hall–Kier alpha value is -2.73. The fourth-order valence-electron chi connectivity index (χ4n) is 2.58. The molecule has 3 rings (SSSR count). The highest BCUT2D eigenvalue weighted by Gasteiger charge is 2.18. The molecule has 0 bridgehead atoms. The van der Waals surface area contributed by atoms with Gasteiger partial charge >= 0.3 is 0 Å². The fourth-order valence-corrected chi connectivity index (χ4v) is 2.58. The molecule has 6 heteroatoms. The number of methoxy groups -OCH3 is 1. The third-order valence-corrected chi connectivity index (χ3v) is 4.22. The Kier molecular flexibility index (Phi) is 5.09. The molecule has 1 aromatic heterocycles. The summed E-state index contributed by atoms with van der Waals surface area (Å²) < 4.78 is 24.4. The molecule has 0 saturated heterocycles. The molecule has 1 atom stereocenters. The minimum absolute atomic E-state index is 0.113. The molecule has 0 fully saturated rings. The number of benzene rings is 2. The van der Waals surface area contributed by atoms with Crippen molar-refractivity contribution in [1.82, 2.24) is 15.0 Å². The van der Waals surface area contributed by atoms with E-state index in [4.69, 9.17) is 9.26 Å². The average Bonchev–Trinajstić information content (AvgIpc) is 3.10. The topological polar surface area (TPSA) is 51.4 Å². The number of aromatic nitrogens is 2. The fraction of sp³-hybridized carbons (Fsp3) is 0.263. The molecule has 0 radical (unpaired) electrons. The molecule has 3 aromatic rings. The van der Waals surface area contributed by atoms with Gasteiger partial charge in [0.05, 0.1) is 13.7 Å². The summed E-state index contributed by atoms with van der Waals surface area (Å²) in [4.78, 5) is 6.38. The van der Waals surface area contributed by atoms with Gasteiger partial charge in [-0.15, -0.1) is 0 Å². The monoisotopic (exact) mass is 341 g/mol. The van der Waals surface area contributed by atoms with Crippen molar-refractivity contribution in [2.75, 3.05) is 14.2 Å². The van der Waals surface area contributed by atoms with Crippen molar-refractivity contribution in [1.29, 1.82) is 0 Å². The normalized spacial score (nSPS) is 12.4. The van der Waals surface area contributed by atoms with Crippen molar-refractivity contribution in [3.63, 3.8) is 0 Å². The zero-order valence-corrected chi connectivity index (χ0v) is 14.4. The SMILES string of the molecule is COc1ccc(-c2noc(CN(C)C(C)c3ccccc3F)n2)cc1. The Labute approximate surface area is 146 Å². The van der Waals surface area contributed by atoms with Crippen LogP contribution in [-0.4, -0.2) is 29.2 Å². The van der Waals surface area contributed by atoms with Gasteiger partial charge in [-0.05, 0) is 44.3 Å². The van der Waals surface area contributed by atoms with E-state index >= 15 is 0 Å². The summed E-state index contributed by atoms with van der Waals surface area (Å²) in [5, 5.41) is 4.02. The summed E-state index contributed by atoms with van der Waals surface area (Å²) in [6.45, 7) is 2.37. The highest BCUT2D eigenvalue weighted by atomic mass is 19.1. The van der Waals surface area contributed by atoms with Gasteiger partial charge in [0, 0.05) is 17.2 Å². The van der Waals surface area contributed by atoms with Crippen molar-refractivity contribution in [2.24, 2.45) is 0 Å². The van der Waals surface area contributed by atoms with Gasteiger partial charge in [-0.25, -0.2) is 4.39 Å². The van der Waals surface area contributed by atoms with Crippen LogP contribution in [0.25, 0.3) is 11.4 Å². The van der Waals surface area contributed by atoms with Gasteiger partial charge in [0.2, 0.25) is 11.7 Å². The standard InChI is InChI=1S/C19H20FN3O2/c1-13(16-6-4-5-7-17(16)20)23(2)12-18-21-19(22-25-18)14-8-10-15(24-3)11-9-14/h4-11,13H,12H2,1-3H3. The molecular formula is C19H20FN3O2. The van der Waals surface area contributed by atoms with Crippen molar-refractivity contribution in [3.8, 4) is 17.1 Å². The Balaban J connectivity index is 1.71. The molecular weight excluding hydrogens is 321 g/mol. The first-order valence-electron chi connectivity index (χ1n) is 8.00. The molecule has 0 spiro atoms. The molecule has 0 aliphatic rings. The second-order valence-electron chi connectivity index (χ2n) is 5.85. The minimum atomic E-state index is -0.216. The Morgan fingerprint density at radius 1 is 1.16 bits per heavy atom. The molecule has 2 aromatic carbocycles. The molecule has 0 saturated carbocycles. The Morgan fingerprint density at radius 2 is 1.88 bits per heavy atom. The highest BCUT2D eigenvalue weighted by Crippen LogP contribution is 2.24. The molecule has 5 nitrogen and oxygen atoms in total. The summed E-state index contributed by atoms with van der Waals surface area (Å²) in [6, 6.07) is 14.1. The maximum atomic E-state index is 13.9. The van der Waals surface area contributed by atoms with Crippen LogP contribution in [-0.2, 0) is 6.54 Å². The summed E-state index contributed by atoms with van der Waals surface area (Å²) >= 11 is 0. The summed E-state index contributed by atoms with van der Waals surface area (Å²) in [6.07, 6.45) is 0. The van der Waals surface area contributed by atoms with Crippen LogP contribution in [0.5, 0.6) is 5.75 Å². The first-order chi connectivity index (χ1) is 12.1. The zero-order valence-electron chi connectivity index (χ0n) is 14.4. The molecule has 0 aliphatic carbocycles. The first-order valence-corrected chi connectivity index (χ1v) is 8.00. The maximum absolute atomic E-state index is 13.9. The predicted octanol–water partition coefficient (Wildman–Crippen LogP) is 4.08. The van der Waals surface area contributed by atoms with Crippen LogP contribution in [0.4, 0.5) is 4.39 Å². The van der Waals surface area contributed by atoms with E-state index in [1.54, 1.807) is 19.2 Å². The highest BCUT2D eigenvalue weighted by molar-refractivity contribution is 5.55. The first kappa shape index (κ1) is 17.1. The van der Waals surface area contributed by atoms with Crippen molar-refractivity contribution in [3.05, 3.63) is 65.8 Å². The number of hydrogen-bond acceptors (Lipinski definition) is 5. The predicted molar refractivity (Wildman–Crippen MR) is 92.6 cm³/mol. The van der Waals surface area contributed by atoms with Crippen LogP contribution in [0.2, 0.25) is 0 Å². The number of nitrogens with zero attached hydrogens (tertiary/aromatic N) is 3. The van der Waals surface area contributed by atoms with Gasteiger partial charge < -0.3 is 9.26 Å². The summed E-state index contributed by atoms with van der Waals surface area (Å²) in [5.74, 6) is 1.55. The summed E-state index contributed by atoms with van der Waals surface area (Å²) in [5.41, 5.74) is 1.49. The second-order valence-corrected chi connectivity index (χ2v) is 5.85. The number of rotatable bonds is 6. The lowest BCUT2D eigenvalue weighted by Crippen LogP contribution is -2.22. The molecule has 130 valence electrons. The van der Waals surface area contributed by atoms with Gasteiger partial charge in [0.25, 0.3) is 0 Å². The lowest BCUT2D eigenvalue weighted by atomic mass is 10.1. The molecule has 1 heterocycles. The van der Waals surface area contributed by atoms with Crippen molar-refractivity contribution >= 4 is 0 Å². The van der Waals surface area contributed by atoms with E-state index in [1.165, 1.54) is 6.07 Å². The van der Waals surface area contributed by atoms with Crippen LogP contribution in [0, 0.1) is 5.82 Å². The van der Waals surface area contributed by atoms with Crippen LogP contribution in [0.3, 0.4) is 0 Å². The molecule has 1 unspecified atom stereocenters. The van der Waals surface area contributed by atoms with Gasteiger partial charge in [-0.1, -0.05) is 23.4 Å². The van der Waals surface area contributed by atoms with E-state index in [9.17, 15) is 4.39 Å². The number of ether oxygens (including phenoxy) is 1. The van der Waals surface area contributed by atoms with Crippen LogP contribution >= 0.6 is 0 Å². The van der Waals surface area contributed by atoms with Crippen molar-refractivity contribution < 1.29 is 13.7 Å². The third kappa shape index (κ3) is 3.85. The van der Waals surface area contributed by atoms with E-state index < -0.39 is 0 Å². The Morgan fingerprint density at radius 3 is 2.56 bits per heavy atom. The third-order valence-electron chi connectivity index (χ3n) is 4.22. The van der Waals surface area contributed by atoms with Gasteiger partial charge in [0.15, 0.2) is 0 Å². The Bertz CT molecular complexity index is 833. The molecule has 25 heavy (non-hydrogen) atoms. The molecule has 0 N–H and O–H groups in total. The van der Waals surface area contributed by atoms with E-state index in [0.29, 0.717) is 23.8 Å². The lowest BCUT2D eigenvalue weighted by Gasteiger charge is -2.23. The molecule has 0 amide bonds.